The average Bonchev–Trinajstić information content (AvgIpc) is 3.17. The van der Waals surface area contributed by atoms with E-state index in [1.54, 1.807) is 0 Å². The average molecular weight is 356 g/mol. The Balaban J connectivity index is 1.49. The van der Waals surface area contributed by atoms with Gasteiger partial charge in [0.25, 0.3) is 0 Å². The van der Waals surface area contributed by atoms with Gasteiger partial charge in [-0.2, -0.15) is 0 Å². The number of hydrogen-bond donors (Lipinski definition) is 0. The number of nitrogens with zero attached hydrogens (tertiary/aromatic N) is 3. The summed E-state index contributed by atoms with van der Waals surface area (Å²) in [4.78, 5) is 20.4. The number of para-hydroxylation sites is 1. The summed E-state index contributed by atoms with van der Waals surface area (Å²) in [5.41, 5.74) is 0.934. The van der Waals surface area contributed by atoms with Crippen LogP contribution in [0.1, 0.15) is 4.88 Å². The van der Waals surface area contributed by atoms with Gasteiger partial charge in [-0.3, -0.25) is 14.6 Å². The summed E-state index contributed by atoms with van der Waals surface area (Å²) in [7, 11) is 0. The molecule has 0 bridgehead atoms. The Hall–Kier alpha value is -1.95. The van der Waals surface area contributed by atoms with E-state index in [1.165, 1.54) is 11.0 Å². The smallest absolute Gasteiger partial charge is 0.250 e. The minimum absolute atomic E-state index is 0.0393. The number of amides is 1. The van der Waals surface area contributed by atoms with Crippen molar-refractivity contribution in [3.05, 3.63) is 65.4 Å². The zero-order chi connectivity index (χ0) is 17.5. The van der Waals surface area contributed by atoms with Crippen molar-refractivity contribution in [2.75, 3.05) is 44.2 Å². The third kappa shape index (κ3) is 5.01. The molecule has 1 aromatic heterocycles. The van der Waals surface area contributed by atoms with Gasteiger partial charge in [0, 0.05) is 56.4 Å². The molecule has 1 aliphatic heterocycles. The number of carbonyl (C=O) groups is 1. The summed E-state index contributed by atoms with van der Waals surface area (Å²) in [5, 5.41) is 2.14. The SMILES string of the molecule is C=CC(=O)N(CCN1CCN(Cc2cccs2)CC1)c1ccccc1. The van der Waals surface area contributed by atoms with Crippen molar-refractivity contribution in [1.29, 1.82) is 0 Å². The van der Waals surface area contributed by atoms with Crippen molar-refractivity contribution in [3.63, 3.8) is 0 Å². The van der Waals surface area contributed by atoms with E-state index in [9.17, 15) is 4.79 Å². The molecule has 0 radical (unpaired) electrons. The predicted molar refractivity (Wildman–Crippen MR) is 105 cm³/mol. The lowest BCUT2D eigenvalue weighted by Crippen LogP contribution is -2.48. The van der Waals surface area contributed by atoms with Crippen LogP contribution in [0.25, 0.3) is 0 Å². The van der Waals surface area contributed by atoms with E-state index >= 15 is 0 Å². The molecule has 1 aliphatic rings. The van der Waals surface area contributed by atoms with E-state index < -0.39 is 0 Å². The Morgan fingerprint density at radius 2 is 1.80 bits per heavy atom. The van der Waals surface area contributed by atoms with Crippen LogP contribution in [0.3, 0.4) is 0 Å². The fourth-order valence-corrected chi connectivity index (χ4v) is 3.87. The monoisotopic (exact) mass is 355 g/mol. The van der Waals surface area contributed by atoms with Crippen LogP contribution in [-0.4, -0.2) is 55.0 Å². The fourth-order valence-electron chi connectivity index (χ4n) is 3.12. The largest absolute Gasteiger partial charge is 0.308 e. The van der Waals surface area contributed by atoms with Crippen molar-refractivity contribution in [2.45, 2.75) is 6.54 Å². The van der Waals surface area contributed by atoms with Crippen molar-refractivity contribution in [1.82, 2.24) is 9.80 Å². The van der Waals surface area contributed by atoms with Crippen LogP contribution in [0, 0.1) is 0 Å². The van der Waals surface area contributed by atoms with Crippen LogP contribution in [0.5, 0.6) is 0 Å². The standard InChI is InChI=1S/C20H25N3OS/c1-2-20(24)23(18-7-4-3-5-8-18)15-14-21-10-12-22(13-11-21)17-19-9-6-16-25-19/h2-9,16H,1,10-15,17H2. The molecule has 1 aromatic carbocycles. The Morgan fingerprint density at radius 3 is 2.44 bits per heavy atom. The number of carbonyl (C=O) groups excluding carboxylic acids is 1. The van der Waals surface area contributed by atoms with Gasteiger partial charge in [-0.15, -0.1) is 11.3 Å². The Kier molecular flexibility index (Phi) is 6.39. The molecule has 5 heteroatoms. The topological polar surface area (TPSA) is 26.8 Å². The van der Waals surface area contributed by atoms with Crippen LogP contribution in [0.15, 0.2) is 60.5 Å². The molecule has 0 N–H and O–H groups in total. The molecular weight excluding hydrogens is 330 g/mol. The second-order valence-corrected chi connectivity index (χ2v) is 7.26. The van der Waals surface area contributed by atoms with E-state index in [0.717, 1.165) is 45.0 Å². The number of hydrogen-bond acceptors (Lipinski definition) is 4. The Labute approximate surface area is 154 Å². The van der Waals surface area contributed by atoms with Crippen LogP contribution in [0.4, 0.5) is 5.69 Å². The van der Waals surface area contributed by atoms with Gasteiger partial charge in [0.15, 0.2) is 0 Å². The zero-order valence-electron chi connectivity index (χ0n) is 14.5. The van der Waals surface area contributed by atoms with Crippen molar-refractivity contribution in [2.24, 2.45) is 0 Å². The molecule has 2 aromatic rings. The highest BCUT2D eigenvalue weighted by Gasteiger charge is 2.19. The molecule has 132 valence electrons. The van der Waals surface area contributed by atoms with E-state index in [-0.39, 0.29) is 5.91 Å². The molecule has 0 atom stereocenters. The zero-order valence-corrected chi connectivity index (χ0v) is 15.3. The second kappa shape index (κ2) is 8.94. The molecule has 3 rings (SSSR count). The maximum absolute atomic E-state index is 12.2. The summed E-state index contributed by atoms with van der Waals surface area (Å²) in [6.45, 7) is 10.5. The second-order valence-electron chi connectivity index (χ2n) is 6.23. The highest BCUT2D eigenvalue weighted by Crippen LogP contribution is 2.15. The summed E-state index contributed by atoms with van der Waals surface area (Å²) in [6, 6.07) is 14.2. The lowest BCUT2D eigenvalue weighted by atomic mass is 10.2. The fraction of sp³-hybridized carbons (Fsp3) is 0.350. The van der Waals surface area contributed by atoms with E-state index in [2.05, 4.69) is 33.9 Å². The molecular formula is C20H25N3OS. The van der Waals surface area contributed by atoms with Gasteiger partial charge in [0.05, 0.1) is 0 Å². The van der Waals surface area contributed by atoms with Crippen molar-refractivity contribution >= 4 is 22.9 Å². The maximum Gasteiger partial charge on any atom is 0.250 e. The quantitative estimate of drug-likeness (QED) is 0.714. The highest BCUT2D eigenvalue weighted by atomic mass is 32.1. The van der Waals surface area contributed by atoms with Gasteiger partial charge in [-0.25, -0.2) is 0 Å². The number of benzene rings is 1. The third-order valence-electron chi connectivity index (χ3n) is 4.57. The van der Waals surface area contributed by atoms with Gasteiger partial charge in [-0.1, -0.05) is 30.8 Å². The van der Waals surface area contributed by atoms with Crippen LogP contribution >= 0.6 is 11.3 Å². The lowest BCUT2D eigenvalue weighted by Gasteiger charge is -2.35. The predicted octanol–water partition coefficient (Wildman–Crippen LogP) is 3.08. The summed E-state index contributed by atoms with van der Waals surface area (Å²) < 4.78 is 0. The molecule has 1 saturated heterocycles. The third-order valence-corrected chi connectivity index (χ3v) is 5.43. The molecule has 2 heterocycles. The number of thiophene rings is 1. The molecule has 25 heavy (non-hydrogen) atoms. The minimum atomic E-state index is -0.0393. The summed E-state index contributed by atoms with van der Waals surface area (Å²) in [6.07, 6.45) is 1.39. The molecule has 0 unspecified atom stereocenters. The van der Waals surface area contributed by atoms with E-state index in [4.69, 9.17) is 0 Å². The van der Waals surface area contributed by atoms with Crippen LogP contribution in [-0.2, 0) is 11.3 Å². The molecule has 0 spiro atoms. The van der Waals surface area contributed by atoms with Gasteiger partial charge in [-0.05, 0) is 29.7 Å². The number of anilines is 1. The first-order chi connectivity index (χ1) is 12.3. The van der Waals surface area contributed by atoms with Crippen molar-refractivity contribution < 1.29 is 4.79 Å². The van der Waals surface area contributed by atoms with Crippen LogP contribution < -0.4 is 4.90 Å². The maximum atomic E-state index is 12.2. The molecule has 0 saturated carbocycles. The summed E-state index contributed by atoms with van der Waals surface area (Å²) >= 11 is 1.83. The molecule has 1 amide bonds. The van der Waals surface area contributed by atoms with E-state index in [0.29, 0.717) is 6.54 Å². The number of rotatable bonds is 7. The molecule has 4 nitrogen and oxygen atoms in total. The van der Waals surface area contributed by atoms with Crippen molar-refractivity contribution in [3.8, 4) is 0 Å². The first-order valence-electron chi connectivity index (χ1n) is 8.72. The molecule has 0 aliphatic carbocycles. The normalized spacial score (nSPS) is 15.8. The van der Waals surface area contributed by atoms with Gasteiger partial charge >= 0.3 is 0 Å². The first kappa shape index (κ1) is 17.9. The van der Waals surface area contributed by atoms with Gasteiger partial charge in [0.1, 0.15) is 0 Å². The Bertz CT molecular complexity index is 664. The molecule has 1 fully saturated rings. The first-order valence-corrected chi connectivity index (χ1v) is 9.60. The van der Waals surface area contributed by atoms with E-state index in [1.807, 2.05) is 46.6 Å². The minimum Gasteiger partial charge on any atom is -0.308 e. The van der Waals surface area contributed by atoms with Crippen LogP contribution in [0.2, 0.25) is 0 Å². The lowest BCUT2D eigenvalue weighted by molar-refractivity contribution is -0.114. The number of piperazine rings is 1. The Morgan fingerprint density at radius 1 is 1.08 bits per heavy atom. The highest BCUT2D eigenvalue weighted by molar-refractivity contribution is 7.09. The van der Waals surface area contributed by atoms with Gasteiger partial charge < -0.3 is 4.90 Å². The van der Waals surface area contributed by atoms with Gasteiger partial charge in [0.2, 0.25) is 5.91 Å². The summed E-state index contributed by atoms with van der Waals surface area (Å²) in [5.74, 6) is -0.0393.